The van der Waals surface area contributed by atoms with Crippen LogP contribution in [0.5, 0.6) is 0 Å². The van der Waals surface area contributed by atoms with Crippen molar-refractivity contribution in [1.29, 1.82) is 0 Å². The predicted molar refractivity (Wildman–Crippen MR) is 108 cm³/mol. The number of hydrogen-bond donors (Lipinski definition) is 1. The Labute approximate surface area is 166 Å². The molecule has 1 aliphatic heterocycles. The zero-order valence-corrected chi connectivity index (χ0v) is 16.8. The van der Waals surface area contributed by atoms with Crippen molar-refractivity contribution in [1.82, 2.24) is 30.0 Å². The van der Waals surface area contributed by atoms with Crippen LogP contribution in [0.2, 0.25) is 0 Å². The Morgan fingerprint density at radius 3 is 2.68 bits per heavy atom. The summed E-state index contributed by atoms with van der Waals surface area (Å²) >= 11 is 0. The van der Waals surface area contributed by atoms with Gasteiger partial charge in [-0.25, -0.2) is 4.79 Å². The Morgan fingerprint density at radius 1 is 1.14 bits per heavy atom. The Hall–Kier alpha value is -2.38. The topological polar surface area (TPSA) is 78.7 Å². The second kappa shape index (κ2) is 8.75. The molecule has 1 saturated heterocycles. The van der Waals surface area contributed by atoms with Crippen LogP contribution in [-0.2, 0) is 0 Å². The smallest absolute Gasteiger partial charge is 0.317 e. The molecule has 4 rings (SSSR count). The van der Waals surface area contributed by atoms with Crippen LogP contribution in [0.4, 0.5) is 10.6 Å². The van der Waals surface area contributed by atoms with Gasteiger partial charge in [-0.2, -0.15) is 4.52 Å². The van der Waals surface area contributed by atoms with E-state index in [0.29, 0.717) is 6.04 Å². The van der Waals surface area contributed by atoms with Crippen molar-refractivity contribution in [2.24, 2.45) is 5.92 Å². The second-order valence-corrected chi connectivity index (χ2v) is 8.11. The number of carbonyl (C=O) groups excluding carboxylic acids is 1. The number of hydrogen-bond acceptors (Lipinski definition) is 5. The van der Waals surface area contributed by atoms with Gasteiger partial charge in [0.05, 0.1) is 0 Å². The van der Waals surface area contributed by atoms with Gasteiger partial charge in [-0.1, -0.05) is 26.2 Å². The minimum atomic E-state index is 0.0962. The number of fused-ring (bicyclic) bond motifs is 1. The first-order chi connectivity index (χ1) is 13.7. The number of urea groups is 1. The number of nitrogens with one attached hydrogen (secondary N) is 1. The Morgan fingerprint density at radius 2 is 1.93 bits per heavy atom. The van der Waals surface area contributed by atoms with E-state index in [-0.39, 0.29) is 6.03 Å². The van der Waals surface area contributed by atoms with E-state index in [0.717, 1.165) is 56.4 Å². The van der Waals surface area contributed by atoms with Gasteiger partial charge in [0.25, 0.3) is 0 Å². The van der Waals surface area contributed by atoms with E-state index in [4.69, 9.17) is 0 Å². The number of carbonyl (C=O) groups is 1. The number of aromatic nitrogens is 4. The van der Waals surface area contributed by atoms with E-state index in [2.05, 4.69) is 32.4 Å². The second-order valence-electron chi connectivity index (χ2n) is 8.11. The Kier molecular flexibility index (Phi) is 5.92. The molecule has 8 nitrogen and oxygen atoms in total. The molecule has 2 fully saturated rings. The summed E-state index contributed by atoms with van der Waals surface area (Å²) in [6.07, 6.45) is 10.4. The zero-order chi connectivity index (χ0) is 19.3. The lowest BCUT2D eigenvalue weighted by molar-refractivity contribution is 0.182. The van der Waals surface area contributed by atoms with Crippen LogP contribution in [0.3, 0.4) is 0 Å². The summed E-state index contributed by atoms with van der Waals surface area (Å²) in [6.45, 7) is 5.28. The standard InChI is InChI=1S/C20H31N7O/c1-2-3-4-16-5-7-17(8-6-16)22-20(28)26-13-11-25(12-14-26)19-10-9-18-23-21-15-27(18)24-19/h9-10,15-17H,2-8,11-14H2,1H3,(H,22,28). The maximum atomic E-state index is 12.7. The molecular weight excluding hydrogens is 354 g/mol. The van der Waals surface area contributed by atoms with Gasteiger partial charge in [-0.3, -0.25) is 0 Å². The largest absolute Gasteiger partial charge is 0.352 e. The number of amides is 2. The highest BCUT2D eigenvalue weighted by molar-refractivity contribution is 5.75. The molecule has 0 bridgehead atoms. The van der Waals surface area contributed by atoms with Crippen LogP contribution < -0.4 is 10.2 Å². The first kappa shape index (κ1) is 19.0. The van der Waals surface area contributed by atoms with Gasteiger partial charge >= 0.3 is 6.03 Å². The van der Waals surface area contributed by atoms with Crippen LogP contribution in [-0.4, -0.2) is 63.0 Å². The first-order valence-corrected chi connectivity index (χ1v) is 10.7. The molecule has 0 unspecified atom stereocenters. The average molecular weight is 386 g/mol. The maximum absolute atomic E-state index is 12.7. The molecule has 8 heteroatoms. The molecule has 152 valence electrons. The maximum Gasteiger partial charge on any atom is 0.317 e. The van der Waals surface area contributed by atoms with E-state index in [1.54, 1.807) is 10.8 Å². The first-order valence-electron chi connectivity index (χ1n) is 10.7. The Balaban J connectivity index is 1.23. The molecule has 28 heavy (non-hydrogen) atoms. The molecule has 2 aliphatic rings. The fourth-order valence-electron chi connectivity index (χ4n) is 4.38. The van der Waals surface area contributed by atoms with Crippen molar-refractivity contribution in [2.75, 3.05) is 31.1 Å². The van der Waals surface area contributed by atoms with Crippen LogP contribution in [0.15, 0.2) is 18.5 Å². The third kappa shape index (κ3) is 4.36. The van der Waals surface area contributed by atoms with E-state index < -0.39 is 0 Å². The summed E-state index contributed by atoms with van der Waals surface area (Å²) < 4.78 is 1.69. The molecule has 0 radical (unpaired) electrons. The van der Waals surface area contributed by atoms with Gasteiger partial charge in [-0.15, -0.1) is 15.3 Å². The third-order valence-electron chi connectivity index (χ3n) is 6.18. The molecule has 1 saturated carbocycles. The molecule has 0 atom stereocenters. The number of anilines is 1. The highest BCUT2D eigenvalue weighted by Crippen LogP contribution is 2.28. The summed E-state index contributed by atoms with van der Waals surface area (Å²) in [4.78, 5) is 16.8. The van der Waals surface area contributed by atoms with Gasteiger partial charge in [0.1, 0.15) is 12.1 Å². The molecular formula is C20H31N7O. The minimum Gasteiger partial charge on any atom is -0.352 e. The minimum absolute atomic E-state index is 0.0962. The van der Waals surface area contributed by atoms with Crippen LogP contribution in [0.25, 0.3) is 5.65 Å². The normalized spacial score (nSPS) is 23.2. The SMILES string of the molecule is CCCCC1CCC(NC(=O)N2CCN(c3ccc4nncn4n3)CC2)CC1. The van der Waals surface area contributed by atoms with E-state index in [1.807, 2.05) is 17.0 Å². The third-order valence-corrected chi connectivity index (χ3v) is 6.18. The predicted octanol–water partition coefficient (Wildman–Crippen LogP) is 2.70. The van der Waals surface area contributed by atoms with Crippen molar-refractivity contribution in [3.8, 4) is 0 Å². The van der Waals surface area contributed by atoms with Crippen LogP contribution in [0.1, 0.15) is 51.9 Å². The summed E-state index contributed by atoms with van der Waals surface area (Å²) in [5, 5.41) is 15.7. The van der Waals surface area contributed by atoms with Crippen molar-refractivity contribution >= 4 is 17.5 Å². The summed E-state index contributed by atoms with van der Waals surface area (Å²) in [5.74, 6) is 1.77. The van der Waals surface area contributed by atoms with E-state index in [1.165, 1.54) is 32.1 Å². The lowest BCUT2D eigenvalue weighted by Crippen LogP contribution is -2.54. The van der Waals surface area contributed by atoms with Crippen molar-refractivity contribution in [2.45, 2.75) is 57.9 Å². The van der Waals surface area contributed by atoms with Gasteiger partial charge in [-0.05, 0) is 43.7 Å². The average Bonchev–Trinajstić information content (AvgIpc) is 3.21. The highest BCUT2D eigenvalue weighted by atomic mass is 16.2. The van der Waals surface area contributed by atoms with Crippen molar-refractivity contribution in [3.63, 3.8) is 0 Å². The fourth-order valence-corrected chi connectivity index (χ4v) is 4.38. The molecule has 2 aromatic heterocycles. The van der Waals surface area contributed by atoms with E-state index >= 15 is 0 Å². The number of nitrogens with zero attached hydrogens (tertiary/aromatic N) is 6. The van der Waals surface area contributed by atoms with Crippen LogP contribution in [0, 0.1) is 5.92 Å². The Bertz CT molecular complexity index is 776. The molecule has 2 aromatic rings. The molecule has 0 spiro atoms. The number of unbranched alkanes of at least 4 members (excludes halogenated alkanes) is 1. The molecule has 2 amide bonds. The molecule has 3 heterocycles. The molecule has 1 N–H and O–H groups in total. The van der Waals surface area contributed by atoms with Gasteiger partial charge < -0.3 is 15.1 Å². The van der Waals surface area contributed by atoms with Crippen LogP contribution >= 0.6 is 0 Å². The van der Waals surface area contributed by atoms with Gasteiger partial charge in [0, 0.05) is 32.2 Å². The fraction of sp³-hybridized carbons (Fsp3) is 0.700. The lowest BCUT2D eigenvalue weighted by Gasteiger charge is -2.37. The zero-order valence-electron chi connectivity index (χ0n) is 16.8. The summed E-state index contributed by atoms with van der Waals surface area (Å²) in [6, 6.07) is 4.34. The summed E-state index contributed by atoms with van der Waals surface area (Å²) in [7, 11) is 0. The molecule has 0 aromatic carbocycles. The monoisotopic (exact) mass is 385 g/mol. The lowest BCUT2D eigenvalue weighted by atomic mass is 9.83. The summed E-state index contributed by atoms with van der Waals surface area (Å²) in [5.41, 5.74) is 0.742. The number of rotatable bonds is 5. The highest BCUT2D eigenvalue weighted by Gasteiger charge is 2.26. The number of piperazine rings is 1. The molecule has 1 aliphatic carbocycles. The quantitative estimate of drug-likeness (QED) is 0.856. The van der Waals surface area contributed by atoms with Gasteiger partial charge in [0.2, 0.25) is 0 Å². The van der Waals surface area contributed by atoms with E-state index in [9.17, 15) is 4.79 Å². The van der Waals surface area contributed by atoms with Gasteiger partial charge in [0.15, 0.2) is 5.65 Å². The van der Waals surface area contributed by atoms with Crippen molar-refractivity contribution < 1.29 is 4.79 Å². The van der Waals surface area contributed by atoms with Crippen molar-refractivity contribution in [3.05, 3.63) is 18.5 Å².